The van der Waals surface area contributed by atoms with E-state index in [9.17, 15) is 4.79 Å². The third-order valence-corrected chi connectivity index (χ3v) is 4.21. The molecular formula is C18H22N4O2. The quantitative estimate of drug-likeness (QED) is 0.804. The van der Waals surface area contributed by atoms with Crippen LogP contribution in [0, 0.1) is 11.3 Å². The van der Waals surface area contributed by atoms with E-state index in [1.807, 2.05) is 45.3 Å². The predicted molar refractivity (Wildman–Crippen MR) is 90.5 cm³/mol. The van der Waals surface area contributed by atoms with Crippen LogP contribution in [0.2, 0.25) is 0 Å². The minimum atomic E-state index is -0.465. The van der Waals surface area contributed by atoms with E-state index in [1.54, 1.807) is 4.90 Å². The molecule has 0 atom stereocenters. The second-order valence-electron chi connectivity index (χ2n) is 7.17. The molecule has 1 aromatic heterocycles. The fourth-order valence-corrected chi connectivity index (χ4v) is 3.05. The normalized spacial score (nSPS) is 16.2. The van der Waals surface area contributed by atoms with Crippen molar-refractivity contribution in [2.75, 3.05) is 13.1 Å². The van der Waals surface area contributed by atoms with Gasteiger partial charge in [-0.3, -0.25) is 0 Å². The number of amides is 1. The van der Waals surface area contributed by atoms with Crippen LogP contribution in [0.4, 0.5) is 4.79 Å². The van der Waals surface area contributed by atoms with E-state index in [2.05, 4.69) is 15.6 Å². The van der Waals surface area contributed by atoms with Crippen molar-refractivity contribution in [3.63, 3.8) is 0 Å². The molecule has 0 aliphatic carbocycles. The van der Waals surface area contributed by atoms with Crippen LogP contribution in [0.5, 0.6) is 0 Å². The number of likely N-dealkylation sites (tertiary alicyclic amines) is 1. The summed E-state index contributed by atoms with van der Waals surface area (Å²) in [5.74, 6) is 0. The van der Waals surface area contributed by atoms with Crippen LogP contribution in [-0.2, 0) is 4.74 Å². The first kappa shape index (κ1) is 16.3. The molecular weight excluding hydrogens is 304 g/mol. The topological polar surface area (TPSA) is 71.2 Å². The third-order valence-electron chi connectivity index (χ3n) is 4.21. The summed E-state index contributed by atoms with van der Waals surface area (Å²) >= 11 is 0. The van der Waals surface area contributed by atoms with Crippen molar-refractivity contribution < 1.29 is 9.53 Å². The van der Waals surface area contributed by atoms with E-state index in [4.69, 9.17) is 10.00 Å². The van der Waals surface area contributed by atoms with Crippen molar-refractivity contribution in [1.29, 1.82) is 5.26 Å². The van der Waals surface area contributed by atoms with E-state index in [-0.39, 0.29) is 6.09 Å². The summed E-state index contributed by atoms with van der Waals surface area (Å²) in [5.41, 5.74) is 2.02. The van der Waals surface area contributed by atoms with Crippen LogP contribution in [0.25, 0.3) is 11.0 Å². The maximum absolute atomic E-state index is 12.1. The first-order valence-electron chi connectivity index (χ1n) is 8.22. The number of carbonyl (C=O) groups is 1. The van der Waals surface area contributed by atoms with Gasteiger partial charge in [0.05, 0.1) is 29.0 Å². The van der Waals surface area contributed by atoms with Crippen LogP contribution >= 0.6 is 0 Å². The van der Waals surface area contributed by atoms with Gasteiger partial charge in [0.25, 0.3) is 0 Å². The Morgan fingerprint density at radius 2 is 2.04 bits per heavy atom. The van der Waals surface area contributed by atoms with Crippen LogP contribution < -0.4 is 0 Å². The number of hydrogen-bond donors (Lipinski definition) is 0. The zero-order valence-electron chi connectivity index (χ0n) is 14.3. The fraction of sp³-hybridized carbons (Fsp3) is 0.500. The number of aromatic nitrogens is 2. The van der Waals surface area contributed by atoms with Gasteiger partial charge in [-0.1, -0.05) is 0 Å². The highest BCUT2D eigenvalue weighted by molar-refractivity contribution is 5.77. The Labute approximate surface area is 141 Å². The Bertz CT molecular complexity index is 789. The van der Waals surface area contributed by atoms with Crippen LogP contribution in [0.15, 0.2) is 24.5 Å². The fourth-order valence-electron chi connectivity index (χ4n) is 3.05. The summed E-state index contributed by atoms with van der Waals surface area (Å²) in [6.45, 7) is 6.99. The molecule has 0 bridgehead atoms. The van der Waals surface area contributed by atoms with Gasteiger partial charge in [0.2, 0.25) is 0 Å². The Morgan fingerprint density at radius 1 is 1.33 bits per heavy atom. The van der Waals surface area contributed by atoms with Gasteiger partial charge >= 0.3 is 6.09 Å². The largest absolute Gasteiger partial charge is 0.444 e. The number of benzene rings is 1. The molecule has 2 heterocycles. The Balaban J connectivity index is 1.69. The molecule has 0 unspecified atom stereocenters. The third kappa shape index (κ3) is 3.35. The average Bonchev–Trinajstić information content (AvgIpc) is 2.96. The smallest absolute Gasteiger partial charge is 0.410 e. The number of nitriles is 1. The van der Waals surface area contributed by atoms with Gasteiger partial charge in [-0.25, -0.2) is 9.78 Å². The highest BCUT2D eigenvalue weighted by Gasteiger charge is 2.28. The van der Waals surface area contributed by atoms with Crippen molar-refractivity contribution in [2.24, 2.45) is 0 Å². The molecule has 24 heavy (non-hydrogen) atoms. The first-order valence-corrected chi connectivity index (χ1v) is 8.22. The van der Waals surface area contributed by atoms with Gasteiger partial charge in [0, 0.05) is 19.1 Å². The van der Waals surface area contributed by atoms with Crippen molar-refractivity contribution in [1.82, 2.24) is 14.5 Å². The summed E-state index contributed by atoms with van der Waals surface area (Å²) in [7, 11) is 0. The summed E-state index contributed by atoms with van der Waals surface area (Å²) in [5, 5.41) is 8.98. The number of nitrogens with zero attached hydrogens (tertiary/aromatic N) is 4. The molecule has 0 saturated carbocycles. The molecule has 3 rings (SSSR count). The molecule has 1 aliphatic heterocycles. The molecule has 0 radical (unpaired) electrons. The second kappa shape index (κ2) is 6.16. The number of fused-ring (bicyclic) bond motifs is 1. The van der Waals surface area contributed by atoms with Gasteiger partial charge in [0.1, 0.15) is 5.60 Å². The number of carbonyl (C=O) groups excluding carboxylic acids is 1. The highest BCUT2D eigenvalue weighted by Crippen LogP contribution is 2.27. The SMILES string of the molecule is CC(C)(C)OC(=O)N1CCC(n2cnc3cc(C#N)ccc32)CC1. The second-order valence-corrected chi connectivity index (χ2v) is 7.17. The lowest BCUT2D eigenvalue weighted by atomic mass is 10.0. The number of ether oxygens (including phenoxy) is 1. The van der Waals surface area contributed by atoms with E-state index >= 15 is 0 Å². The number of imidazole rings is 1. The monoisotopic (exact) mass is 326 g/mol. The summed E-state index contributed by atoms with van der Waals surface area (Å²) in [6, 6.07) is 8.01. The van der Waals surface area contributed by atoms with Gasteiger partial charge in [-0.05, 0) is 51.8 Å². The molecule has 1 saturated heterocycles. The van der Waals surface area contributed by atoms with Crippen molar-refractivity contribution in [3.05, 3.63) is 30.1 Å². The zero-order chi connectivity index (χ0) is 17.3. The van der Waals surface area contributed by atoms with Crippen LogP contribution in [0.3, 0.4) is 0 Å². The lowest BCUT2D eigenvalue weighted by molar-refractivity contribution is 0.0189. The van der Waals surface area contributed by atoms with Crippen molar-refractivity contribution >= 4 is 17.1 Å². The van der Waals surface area contributed by atoms with Crippen molar-refractivity contribution in [3.8, 4) is 6.07 Å². The van der Waals surface area contributed by atoms with E-state index in [0.29, 0.717) is 24.7 Å². The lowest BCUT2D eigenvalue weighted by Gasteiger charge is -2.34. The van der Waals surface area contributed by atoms with Crippen LogP contribution in [0.1, 0.15) is 45.2 Å². The Hall–Kier alpha value is -2.55. The molecule has 0 N–H and O–H groups in total. The summed E-state index contributed by atoms with van der Waals surface area (Å²) in [4.78, 5) is 18.3. The Morgan fingerprint density at radius 3 is 2.67 bits per heavy atom. The molecule has 1 aromatic carbocycles. The van der Waals surface area contributed by atoms with Crippen LogP contribution in [-0.4, -0.2) is 39.2 Å². The van der Waals surface area contributed by atoms with E-state index in [1.165, 1.54) is 0 Å². The molecule has 1 fully saturated rings. The molecule has 6 nitrogen and oxygen atoms in total. The highest BCUT2D eigenvalue weighted by atomic mass is 16.6. The minimum Gasteiger partial charge on any atom is -0.444 e. The summed E-state index contributed by atoms with van der Waals surface area (Å²) in [6.07, 6.45) is 3.32. The number of hydrogen-bond acceptors (Lipinski definition) is 4. The van der Waals surface area contributed by atoms with Gasteiger partial charge < -0.3 is 14.2 Å². The van der Waals surface area contributed by atoms with Gasteiger partial charge in [-0.15, -0.1) is 0 Å². The number of piperidine rings is 1. The standard InChI is InChI=1S/C18H22N4O2/c1-18(2,3)24-17(23)21-8-6-14(7-9-21)22-12-20-15-10-13(11-19)4-5-16(15)22/h4-5,10,12,14H,6-9H2,1-3H3. The van der Waals surface area contributed by atoms with Gasteiger partial charge in [-0.2, -0.15) is 5.26 Å². The maximum Gasteiger partial charge on any atom is 0.410 e. The number of rotatable bonds is 1. The maximum atomic E-state index is 12.1. The van der Waals surface area contributed by atoms with Crippen molar-refractivity contribution in [2.45, 2.75) is 45.3 Å². The molecule has 0 spiro atoms. The molecule has 126 valence electrons. The Kier molecular flexibility index (Phi) is 4.18. The molecule has 1 aliphatic rings. The predicted octanol–water partition coefficient (Wildman–Crippen LogP) is 3.48. The molecule has 2 aromatic rings. The lowest BCUT2D eigenvalue weighted by Crippen LogP contribution is -2.42. The van der Waals surface area contributed by atoms with E-state index in [0.717, 1.165) is 23.9 Å². The molecule has 1 amide bonds. The summed E-state index contributed by atoms with van der Waals surface area (Å²) < 4.78 is 7.59. The van der Waals surface area contributed by atoms with Gasteiger partial charge in [0.15, 0.2) is 0 Å². The zero-order valence-corrected chi connectivity index (χ0v) is 14.3. The van der Waals surface area contributed by atoms with E-state index < -0.39 is 5.60 Å². The minimum absolute atomic E-state index is 0.241. The first-order chi connectivity index (χ1) is 11.4. The molecule has 6 heteroatoms. The average molecular weight is 326 g/mol.